The zero-order valence-corrected chi connectivity index (χ0v) is 13.6. The van der Waals surface area contributed by atoms with Gasteiger partial charge in [0.15, 0.2) is 12.0 Å². The van der Waals surface area contributed by atoms with Gasteiger partial charge in [0.25, 0.3) is 0 Å². The Balaban J connectivity index is 2.22. The van der Waals surface area contributed by atoms with E-state index >= 15 is 0 Å². The third kappa shape index (κ3) is 2.53. The summed E-state index contributed by atoms with van der Waals surface area (Å²) in [5, 5.41) is 41.5. The summed E-state index contributed by atoms with van der Waals surface area (Å²) in [6.07, 6.45) is 1.18. The lowest BCUT2D eigenvalue weighted by Crippen LogP contribution is -2.46. The van der Waals surface area contributed by atoms with Crippen molar-refractivity contribution >= 4 is 23.1 Å². The molecule has 3 rings (SSSR count). The second-order valence-corrected chi connectivity index (χ2v) is 5.81. The lowest BCUT2D eigenvalue weighted by atomic mass is 9.96. The molecule has 1 fully saturated rings. The number of aliphatic hydroxyl groups is 2. The fourth-order valence-corrected chi connectivity index (χ4v) is 3.13. The van der Waals surface area contributed by atoms with Crippen molar-refractivity contribution in [3.8, 4) is 0 Å². The summed E-state index contributed by atoms with van der Waals surface area (Å²) in [5.74, 6) is 0.107. The Kier molecular flexibility index (Phi) is 4.58. The number of fused-ring (bicyclic) bond motifs is 1. The fraction of sp³-hybridized carbons (Fsp3) is 0.500. The van der Waals surface area contributed by atoms with Crippen molar-refractivity contribution in [3.63, 3.8) is 0 Å². The van der Waals surface area contributed by atoms with E-state index in [2.05, 4.69) is 15.1 Å². The summed E-state index contributed by atoms with van der Waals surface area (Å²) in [6, 6.07) is 0. The maximum Gasteiger partial charge on any atom is 0.167 e. The van der Waals surface area contributed by atoms with Gasteiger partial charge >= 0.3 is 0 Å². The minimum absolute atomic E-state index is 0.107. The van der Waals surface area contributed by atoms with Crippen LogP contribution in [-0.2, 0) is 9.47 Å². The van der Waals surface area contributed by atoms with Gasteiger partial charge in [0.05, 0.1) is 18.2 Å². The van der Waals surface area contributed by atoms with Gasteiger partial charge < -0.3 is 29.5 Å². The van der Waals surface area contributed by atoms with Gasteiger partial charge in [-0.05, 0) is 6.92 Å². The van der Waals surface area contributed by atoms with Crippen LogP contribution in [0.2, 0.25) is 0 Å². The number of methoxy groups -OCH3 is 1. The lowest BCUT2D eigenvalue weighted by Gasteiger charge is -2.31. The molecule has 2 unspecified atom stereocenters. The van der Waals surface area contributed by atoms with Crippen LogP contribution < -0.4 is 5.48 Å². The van der Waals surface area contributed by atoms with Crippen LogP contribution >= 0.6 is 0 Å². The first-order valence-electron chi connectivity index (χ1n) is 7.44. The third-order valence-electron chi connectivity index (χ3n) is 4.55. The Hall–Kier alpha value is -2.31. The highest BCUT2D eigenvalue weighted by atomic mass is 16.6. The van der Waals surface area contributed by atoms with Crippen molar-refractivity contribution < 1.29 is 30.1 Å². The molecule has 136 valence electrons. The molecule has 0 bridgehead atoms. The van der Waals surface area contributed by atoms with Crippen LogP contribution in [0.15, 0.2) is 17.7 Å². The Labute approximate surface area is 142 Å². The molecule has 25 heavy (non-hydrogen) atoms. The Morgan fingerprint density at radius 3 is 2.88 bits per heavy atom. The molecule has 3 heterocycles. The first kappa shape index (κ1) is 17.5. The monoisotopic (exact) mass is 353 g/mol. The molecule has 0 aliphatic carbocycles. The molecular weight excluding hydrogens is 334 g/mol. The highest BCUT2D eigenvalue weighted by Gasteiger charge is 2.54. The molecule has 0 spiro atoms. The molecule has 1 aliphatic rings. The number of anilines is 1. The van der Waals surface area contributed by atoms with Gasteiger partial charge in [0.2, 0.25) is 0 Å². The van der Waals surface area contributed by atoms with Gasteiger partial charge in [-0.25, -0.2) is 9.97 Å². The predicted octanol–water partition coefficient (Wildman–Crippen LogP) is -0.304. The summed E-state index contributed by atoms with van der Waals surface area (Å²) < 4.78 is 12.8. The summed E-state index contributed by atoms with van der Waals surface area (Å²) in [5.41, 5.74) is 1.54. The molecule has 2 aromatic heterocycles. The number of oxime groups is 1. The van der Waals surface area contributed by atoms with Gasteiger partial charge in [0, 0.05) is 18.9 Å². The number of aliphatic hydroxyl groups excluding tert-OH is 2. The van der Waals surface area contributed by atoms with Crippen molar-refractivity contribution in [2.75, 3.05) is 19.2 Å². The van der Waals surface area contributed by atoms with E-state index in [9.17, 15) is 15.4 Å². The lowest BCUT2D eigenvalue weighted by molar-refractivity contribution is -0.118. The van der Waals surface area contributed by atoms with Crippen molar-refractivity contribution in [2.45, 2.75) is 31.0 Å². The minimum Gasteiger partial charge on any atom is -0.411 e. The van der Waals surface area contributed by atoms with E-state index in [1.807, 2.05) is 5.48 Å². The molecule has 0 saturated carbocycles. The number of rotatable bonds is 5. The molecule has 2 aromatic rings. The summed E-state index contributed by atoms with van der Waals surface area (Å²) >= 11 is 0. The van der Waals surface area contributed by atoms with Crippen molar-refractivity contribution in [1.82, 2.24) is 14.5 Å². The maximum absolute atomic E-state index is 10.4. The van der Waals surface area contributed by atoms with E-state index in [1.54, 1.807) is 17.7 Å². The van der Waals surface area contributed by atoms with E-state index in [1.165, 1.54) is 13.4 Å². The zero-order valence-electron chi connectivity index (χ0n) is 13.6. The predicted molar refractivity (Wildman–Crippen MR) is 84.7 cm³/mol. The van der Waals surface area contributed by atoms with Crippen LogP contribution in [-0.4, -0.2) is 72.9 Å². The molecule has 11 nitrogen and oxygen atoms in total. The standard InChI is InChI=1S/C14H19N5O6/c1-14(24-2)10(21)8(5-20)25-13(14)19-4-7(3-17-22)9-11(18-23)15-6-16-12(9)19/h3-4,6,8,10,13,20-23H,5H2,1-2H3,(H,15,16,18)/b17-3-/t8?,10?,13-,14-/m1/s1. The highest BCUT2D eigenvalue weighted by Crippen LogP contribution is 2.42. The van der Waals surface area contributed by atoms with Crippen LogP contribution in [0.25, 0.3) is 11.0 Å². The first-order valence-corrected chi connectivity index (χ1v) is 7.44. The molecule has 0 radical (unpaired) electrons. The molecule has 11 heteroatoms. The Morgan fingerprint density at radius 2 is 2.28 bits per heavy atom. The number of hydrogen-bond acceptors (Lipinski definition) is 10. The topological polar surface area (TPSA) is 154 Å². The first-order chi connectivity index (χ1) is 12.0. The molecule has 1 aliphatic heterocycles. The van der Waals surface area contributed by atoms with Crippen LogP contribution in [0.5, 0.6) is 0 Å². The van der Waals surface area contributed by atoms with Gasteiger partial charge in [0.1, 0.15) is 29.8 Å². The van der Waals surface area contributed by atoms with E-state index in [4.69, 9.17) is 14.7 Å². The largest absolute Gasteiger partial charge is 0.411 e. The van der Waals surface area contributed by atoms with Gasteiger partial charge in [-0.1, -0.05) is 5.16 Å². The van der Waals surface area contributed by atoms with Crippen molar-refractivity contribution in [3.05, 3.63) is 18.1 Å². The fourth-order valence-electron chi connectivity index (χ4n) is 3.13. The number of hydrogen-bond donors (Lipinski definition) is 5. The van der Waals surface area contributed by atoms with Crippen molar-refractivity contribution in [2.24, 2.45) is 5.16 Å². The second kappa shape index (κ2) is 6.54. The summed E-state index contributed by atoms with van der Waals surface area (Å²) in [6.45, 7) is 1.26. The SMILES string of the molecule is CO[C@]1(C)C(O)C(CO)O[C@H]1n1cc(/C=N\O)c2c(NO)ncnc21. The second-order valence-electron chi connectivity index (χ2n) is 5.81. The maximum atomic E-state index is 10.4. The zero-order chi connectivity index (χ0) is 18.2. The molecule has 5 N–H and O–H groups in total. The van der Waals surface area contributed by atoms with E-state index in [-0.39, 0.29) is 12.4 Å². The van der Waals surface area contributed by atoms with Crippen LogP contribution in [0.1, 0.15) is 18.7 Å². The number of aromatic nitrogens is 3. The Bertz CT molecular complexity index is 795. The van der Waals surface area contributed by atoms with Crippen molar-refractivity contribution in [1.29, 1.82) is 0 Å². The summed E-state index contributed by atoms with van der Waals surface area (Å²) in [7, 11) is 1.43. The number of nitrogens with zero attached hydrogens (tertiary/aromatic N) is 4. The molecule has 0 amide bonds. The van der Waals surface area contributed by atoms with E-state index < -0.39 is 24.0 Å². The number of nitrogens with one attached hydrogen (secondary N) is 1. The quantitative estimate of drug-likeness (QED) is 0.277. The third-order valence-corrected chi connectivity index (χ3v) is 4.55. The normalized spacial score (nSPS) is 29.7. The summed E-state index contributed by atoms with van der Waals surface area (Å²) in [4.78, 5) is 8.11. The average Bonchev–Trinajstić information content (AvgIpc) is 3.12. The van der Waals surface area contributed by atoms with E-state index in [0.717, 1.165) is 6.21 Å². The van der Waals surface area contributed by atoms with Gasteiger partial charge in [-0.3, -0.25) is 10.7 Å². The van der Waals surface area contributed by atoms with Gasteiger partial charge in [-0.2, -0.15) is 0 Å². The van der Waals surface area contributed by atoms with Crippen LogP contribution in [0, 0.1) is 0 Å². The van der Waals surface area contributed by atoms with Crippen LogP contribution in [0.3, 0.4) is 0 Å². The van der Waals surface area contributed by atoms with Gasteiger partial charge in [-0.15, -0.1) is 0 Å². The Morgan fingerprint density at radius 1 is 1.52 bits per heavy atom. The number of ether oxygens (including phenoxy) is 2. The van der Waals surface area contributed by atoms with Crippen LogP contribution in [0.4, 0.5) is 5.82 Å². The molecule has 4 atom stereocenters. The van der Waals surface area contributed by atoms with E-state index in [0.29, 0.717) is 16.6 Å². The average molecular weight is 353 g/mol. The minimum atomic E-state index is -1.18. The molecule has 0 aromatic carbocycles. The smallest absolute Gasteiger partial charge is 0.167 e. The molecule has 1 saturated heterocycles. The highest BCUT2D eigenvalue weighted by molar-refractivity contribution is 6.03. The molecular formula is C14H19N5O6.